The molecule has 2 aromatic carbocycles. The lowest BCUT2D eigenvalue weighted by molar-refractivity contribution is -0.111. The Balaban J connectivity index is 1.39. The van der Waals surface area contributed by atoms with Gasteiger partial charge < -0.3 is 30.2 Å². The molecule has 0 saturated carbocycles. The second-order valence-electron chi connectivity index (χ2n) is 8.51. The Bertz CT molecular complexity index is 1460. The van der Waals surface area contributed by atoms with Gasteiger partial charge in [0.05, 0.1) is 21.3 Å². The van der Waals surface area contributed by atoms with E-state index in [1.54, 1.807) is 56.8 Å². The summed E-state index contributed by atoms with van der Waals surface area (Å²) in [5.41, 5.74) is 3.28. The summed E-state index contributed by atoms with van der Waals surface area (Å²) in [6.45, 7) is 3.83. The molecule has 0 radical (unpaired) electrons. The molecule has 2 aromatic heterocycles. The highest BCUT2D eigenvalue weighted by molar-refractivity contribution is 6.02. The number of pyridine rings is 1. The zero-order valence-corrected chi connectivity index (χ0v) is 22.4. The first-order chi connectivity index (χ1) is 18.9. The molecular formula is C29H30N6O4. The standard InChI is InChI=1S/C29H30N6O4/c1-18-12-13-30-25(14-18)35-27-17-26(31-19(2)32-27)33-21-7-9-22(10-8-21)34-28(36)11-6-20-15-23(37-3)29(39-5)24(16-20)38-4/h6-17H,1-5H3,(H,34,36)(H2,30,31,32,33,35)/b11-6+. The molecule has 0 fully saturated rings. The van der Waals surface area contributed by atoms with E-state index in [9.17, 15) is 4.79 Å². The average molecular weight is 527 g/mol. The fourth-order valence-electron chi connectivity index (χ4n) is 3.77. The fourth-order valence-corrected chi connectivity index (χ4v) is 3.77. The topological polar surface area (TPSA) is 120 Å². The van der Waals surface area contributed by atoms with E-state index in [0.717, 1.165) is 16.8 Å². The average Bonchev–Trinajstić information content (AvgIpc) is 2.92. The van der Waals surface area contributed by atoms with Crippen molar-refractivity contribution < 1.29 is 19.0 Å². The minimum atomic E-state index is -0.281. The highest BCUT2D eigenvalue weighted by Gasteiger charge is 2.12. The number of carbonyl (C=O) groups is 1. The van der Waals surface area contributed by atoms with Crippen molar-refractivity contribution in [3.8, 4) is 17.2 Å². The second kappa shape index (κ2) is 12.4. The van der Waals surface area contributed by atoms with Crippen LogP contribution in [0.4, 0.5) is 28.8 Å². The number of rotatable bonds is 10. The third kappa shape index (κ3) is 7.22. The van der Waals surface area contributed by atoms with Crippen LogP contribution in [0.1, 0.15) is 17.0 Å². The van der Waals surface area contributed by atoms with Gasteiger partial charge in [0, 0.05) is 29.7 Å². The maximum absolute atomic E-state index is 12.5. The Labute approximate surface area is 227 Å². The van der Waals surface area contributed by atoms with Gasteiger partial charge in [0.15, 0.2) is 11.5 Å². The fraction of sp³-hybridized carbons (Fsp3) is 0.172. The van der Waals surface area contributed by atoms with Gasteiger partial charge in [-0.1, -0.05) is 0 Å². The molecule has 10 nitrogen and oxygen atoms in total. The van der Waals surface area contributed by atoms with Crippen LogP contribution in [0.15, 0.2) is 66.9 Å². The van der Waals surface area contributed by atoms with E-state index >= 15 is 0 Å². The van der Waals surface area contributed by atoms with Crippen molar-refractivity contribution in [1.82, 2.24) is 15.0 Å². The van der Waals surface area contributed by atoms with E-state index in [1.807, 2.05) is 38.1 Å². The Morgan fingerprint density at radius 2 is 1.41 bits per heavy atom. The Morgan fingerprint density at radius 3 is 2.03 bits per heavy atom. The number of nitrogens with one attached hydrogen (secondary N) is 3. The van der Waals surface area contributed by atoms with Gasteiger partial charge in [0.2, 0.25) is 11.7 Å². The van der Waals surface area contributed by atoms with Gasteiger partial charge in [0.1, 0.15) is 23.3 Å². The number of aromatic nitrogens is 3. The maximum atomic E-state index is 12.5. The van der Waals surface area contributed by atoms with Gasteiger partial charge in [-0.2, -0.15) is 0 Å². The van der Waals surface area contributed by atoms with E-state index in [2.05, 4.69) is 30.9 Å². The number of hydrogen-bond donors (Lipinski definition) is 3. The maximum Gasteiger partial charge on any atom is 0.248 e. The molecule has 4 aromatic rings. The molecule has 10 heteroatoms. The summed E-state index contributed by atoms with van der Waals surface area (Å²) in [6, 6.07) is 16.5. The van der Waals surface area contributed by atoms with Gasteiger partial charge in [-0.3, -0.25) is 4.79 Å². The number of aryl methyl sites for hydroxylation is 2. The van der Waals surface area contributed by atoms with Crippen molar-refractivity contribution in [3.63, 3.8) is 0 Å². The number of carbonyl (C=O) groups excluding carboxylic acids is 1. The minimum absolute atomic E-state index is 0.281. The van der Waals surface area contributed by atoms with E-state index in [4.69, 9.17) is 14.2 Å². The molecule has 0 spiro atoms. The monoisotopic (exact) mass is 526 g/mol. The van der Waals surface area contributed by atoms with E-state index in [0.29, 0.717) is 46.2 Å². The van der Waals surface area contributed by atoms with Crippen molar-refractivity contribution in [2.75, 3.05) is 37.3 Å². The number of methoxy groups -OCH3 is 3. The van der Waals surface area contributed by atoms with Crippen LogP contribution in [-0.2, 0) is 4.79 Å². The zero-order chi connectivity index (χ0) is 27.8. The lowest BCUT2D eigenvalue weighted by Crippen LogP contribution is -2.07. The molecule has 0 unspecified atom stereocenters. The SMILES string of the molecule is COc1cc(/C=C/C(=O)Nc2ccc(Nc3cc(Nc4cc(C)ccn4)nc(C)n3)cc2)cc(OC)c1OC. The molecule has 4 rings (SSSR count). The summed E-state index contributed by atoms with van der Waals surface area (Å²) < 4.78 is 16.1. The normalized spacial score (nSPS) is 10.7. The van der Waals surface area contributed by atoms with Gasteiger partial charge in [-0.15, -0.1) is 0 Å². The van der Waals surface area contributed by atoms with E-state index in [-0.39, 0.29) is 5.91 Å². The Kier molecular flexibility index (Phi) is 8.57. The van der Waals surface area contributed by atoms with Gasteiger partial charge >= 0.3 is 0 Å². The van der Waals surface area contributed by atoms with Crippen LogP contribution in [0.25, 0.3) is 6.08 Å². The highest BCUT2D eigenvalue weighted by atomic mass is 16.5. The number of amides is 1. The van der Waals surface area contributed by atoms with Crippen LogP contribution in [-0.4, -0.2) is 42.2 Å². The molecule has 39 heavy (non-hydrogen) atoms. The third-order valence-electron chi connectivity index (χ3n) is 5.55. The number of hydrogen-bond acceptors (Lipinski definition) is 9. The van der Waals surface area contributed by atoms with Gasteiger partial charge in [0.25, 0.3) is 0 Å². The zero-order valence-electron chi connectivity index (χ0n) is 22.4. The molecule has 0 saturated heterocycles. The highest BCUT2D eigenvalue weighted by Crippen LogP contribution is 2.38. The van der Waals surface area contributed by atoms with Crippen molar-refractivity contribution in [3.05, 3.63) is 83.8 Å². The number of ether oxygens (including phenoxy) is 3. The third-order valence-corrected chi connectivity index (χ3v) is 5.55. The molecule has 3 N–H and O–H groups in total. The van der Waals surface area contributed by atoms with Crippen LogP contribution >= 0.6 is 0 Å². The van der Waals surface area contributed by atoms with Crippen molar-refractivity contribution in [2.45, 2.75) is 13.8 Å². The van der Waals surface area contributed by atoms with Crippen LogP contribution in [0.2, 0.25) is 0 Å². The van der Waals surface area contributed by atoms with Crippen molar-refractivity contribution >= 4 is 40.8 Å². The molecule has 2 heterocycles. The van der Waals surface area contributed by atoms with Crippen LogP contribution in [0.5, 0.6) is 17.2 Å². The van der Waals surface area contributed by atoms with Gasteiger partial charge in [-0.25, -0.2) is 15.0 Å². The molecule has 0 aliphatic carbocycles. The summed E-state index contributed by atoms with van der Waals surface area (Å²) in [7, 11) is 4.62. The molecule has 200 valence electrons. The first kappa shape index (κ1) is 26.9. The molecule has 0 atom stereocenters. The van der Waals surface area contributed by atoms with E-state index < -0.39 is 0 Å². The number of nitrogens with zero attached hydrogens (tertiary/aromatic N) is 3. The summed E-state index contributed by atoms with van der Waals surface area (Å²) >= 11 is 0. The van der Waals surface area contributed by atoms with Crippen LogP contribution in [0, 0.1) is 13.8 Å². The summed E-state index contributed by atoms with van der Waals surface area (Å²) in [6.07, 6.45) is 4.85. The van der Waals surface area contributed by atoms with Crippen molar-refractivity contribution in [1.29, 1.82) is 0 Å². The lowest BCUT2D eigenvalue weighted by Gasteiger charge is -2.12. The van der Waals surface area contributed by atoms with Crippen LogP contribution < -0.4 is 30.2 Å². The van der Waals surface area contributed by atoms with E-state index in [1.165, 1.54) is 13.2 Å². The summed E-state index contributed by atoms with van der Waals surface area (Å²) in [5.74, 6) is 3.80. The Morgan fingerprint density at radius 1 is 0.769 bits per heavy atom. The first-order valence-electron chi connectivity index (χ1n) is 12.1. The molecule has 1 amide bonds. The predicted molar refractivity (Wildman–Crippen MR) is 153 cm³/mol. The summed E-state index contributed by atoms with van der Waals surface area (Å²) in [5, 5.41) is 9.33. The first-order valence-corrected chi connectivity index (χ1v) is 12.1. The lowest BCUT2D eigenvalue weighted by atomic mass is 10.1. The molecular weight excluding hydrogens is 496 g/mol. The van der Waals surface area contributed by atoms with Crippen molar-refractivity contribution in [2.24, 2.45) is 0 Å². The second-order valence-corrected chi connectivity index (χ2v) is 8.51. The molecule has 0 aliphatic rings. The Hall–Kier alpha value is -5.12. The molecule has 0 aliphatic heterocycles. The summed E-state index contributed by atoms with van der Waals surface area (Å²) in [4.78, 5) is 25.7. The smallest absolute Gasteiger partial charge is 0.248 e. The number of benzene rings is 2. The number of anilines is 5. The van der Waals surface area contributed by atoms with Crippen LogP contribution in [0.3, 0.4) is 0 Å². The minimum Gasteiger partial charge on any atom is -0.493 e. The predicted octanol–water partition coefficient (Wildman–Crippen LogP) is 5.65. The van der Waals surface area contributed by atoms with Gasteiger partial charge in [-0.05, 0) is 79.6 Å². The molecule has 0 bridgehead atoms. The quantitative estimate of drug-likeness (QED) is 0.225. The largest absolute Gasteiger partial charge is 0.493 e.